The largest absolute Gasteiger partial charge is 0.248 e. The summed E-state index contributed by atoms with van der Waals surface area (Å²) >= 11 is 5.82. The number of halogens is 1. The molecule has 1 nitrogen and oxygen atoms in total. The average molecular weight is 214 g/mol. The first-order chi connectivity index (χ1) is 7.34. The van der Waals surface area contributed by atoms with Crippen LogP contribution in [0.2, 0.25) is 5.02 Å². The highest BCUT2D eigenvalue weighted by Gasteiger charge is 1.89. The SMILES string of the molecule is Clc1ccnc(C#Cc2ccccc2)c1. The smallest absolute Gasteiger partial charge is 0.114 e. The highest BCUT2D eigenvalue weighted by Crippen LogP contribution is 2.07. The van der Waals surface area contributed by atoms with Gasteiger partial charge in [0, 0.05) is 16.8 Å². The minimum Gasteiger partial charge on any atom is -0.248 e. The zero-order valence-corrected chi connectivity index (χ0v) is 8.70. The van der Waals surface area contributed by atoms with Crippen molar-refractivity contribution in [3.05, 3.63) is 64.9 Å². The van der Waals surface area contributed by atoms with Gasteiger partial charge in [-0.15, -0.1) is 0 Å². The van der Waals surface area contributed by atoms with E-state index in [1.807, 2.05) is 30.3 Å². The van der Waals surface area contributed by atoms with E-state index in [-0.39, 0.29) is 0 Å². The predicted molar refractivity (Wildman–Crippen MR) is 61.7 cm³/mol. The monoisotopic (exact) mass is 213 g/mol. The second-order valence-corrected chi connectivity index (χ2v) is 3.41. The molecule has 0 unspecified atom stereocenters. The molecule has 2 rings (SSSR count). The second-order valence-electron chi connectivity index (χ2n) is 2.98. The molecule has 2 heteroatoms. The molecule has 0 fully saturated rings. The Morgan fingerprint density at radius 2 is 1.80 bits per heavy atom. The topological polar surface area (TPSA) is 12.9 Å². The van der Waals surface area contributed by atoms with Crippen LogP contribution in [-0.4, -0.2) is 4.98 Å². The lowest BCUT2D eigenvalue weighted by Crippen LogP contribution is -1.80. The van der Waals surface area contributed by atoms with Crippen LogP contribution in [0, 0.1) is 11.8 Å². The van der Waals surface area contributed by atoms with E-state index in [4.69, 9.17) is 11.6 Å². The van der Waals surface area contributed by atoms with Crippen LogP contribution in [0.5, 0.6) is 0 Å². The number of hydrogen-bond acceptors (Lipinski definition) is 1. The summed E-state index contributed by atoms with van der Waals surface area (Å²) in [5, 5.41) is 0.655. The standard InChI is InChI=1S/C13H8ClN/c14-12-8-9-15-13(10-12)7-6-11-4-2-1-3-5-11/h1-5,8-10H. The normalized spacial score (nSPS) is 9.13. The molecule has 1 heterocycles. The molecule has 0 spiro atoms. The van der Waals surface area contributed by atoms with E-state index in [0.29, 0.717) is 10.7 Å². The highest BCUT2D eigenvalue weighted by molar-refractivity contribution is 6.30. The minimum atomic E-state index is 0.655. The molecule has 1 aromatic heterocycles. The van der Waals surface area contributed by atoms with Gasteiger partial charge in [-0.25, -0.2) is 4.98 Å². The van der Waals surface area contributed by atoms with E-state index in [9.17, 15) is 0 Å². The zero-order valence-electron chi connectivity index (χ0n) is 7.94. The minimum absolute atomic E-state index is 0.655. The van der Waals surface area contributed by atoms with Crippen molar-refractivity contribution in [2.45, 2.75) is 0 Å². The first-order valence-electron chi connectivity index (χ1n) is 4.53. The fraction of sp³-hybridized carbons (Fsp3) is 0. The van der Waals surface area contributed by atoms with Gasteiger partial charge in [0.2, 0.25) is 0 Å². The lowest BCUT2D eigenvalue weighted by molar-refractivity contribution is 1.29. The Kier molecular flexibility index (Phi) is 3.02. The van der Waals surface area contributed by atoms with Gasteiger partial charge in [0.25, 0.3) is 0 Å². The fourth-order valence-electron chi connectivity index (χ4n) is 1.13. The highest BCUT2D eigenvalue weighted by atomic mass is 35.5. The summed E-state index contributed by atoms with van der Waals surface area (Å²) in [7, 11) is 0. The van der Waals surface area contributed by atoms with Crippen molar-refractivity contribution in [1.29, 1.82) is 0 Å². The third-order valence-corrected chi connectivity index (χ3v) is 2.07. The molecule has 0 saturated carbocycles. The molecule has 0 aliphatic carbocycles. The van der Waals surface area contributed by atoms with Crippen molar-refractivity contribution in [2.24, 2.45) is 0 Å². The molecule has 0 amide bonds. The maximum Gasteiger partial charge on any atom is 0.114 e. The Bertz CT molecular complexity index is 509. The second kappa shape index (κ2) is 4.63. The van der Waals surface area contributed by atoms with Gasteiger partial charge in [-0.05, 0) is 30.2 Å². The van der Waals surface area contributed by atoms with Crippen LogP contribution in [0.3, 0.4) is 0 Å². The molecule has 72 valence electrons. The first-order valence-corrected chi connectivity index (χ1v) is 4.91. The number of aromatic nitrogens is 1. The summed E-state index contributed by atoms with van der Waals surface area (Å²) in [6.45, 7) is 0. The molecule has 0 atom stereocenters. The Morgan fingerprint density at radius 1 is 1.00 bits per heavy atom. The van der Waals surface area contributed by atoms with E-state index in [0.717, 1.165) is 5.56 Å². The van der Waals surface area contributed by atoms with E-state index in [1.165, 1.54) is 0 Å². The third kappa shape index (κ3) is 2.83. The van der Waals surface area contributed by atoms with E-state index in [2.05, 4.69) is 16.8 Å². The number of nitrogens with zero attached hydrogens (tertiary/aromatic N) is 1. The Morgan fingerprint density at radius 3 is 2.53 bits per heavy atom. The Hall–Kier alpha value is -1.78. The lowest BCUT2D eigenvalue weighted by atomic mass is 10.2. The summed E-state index contributed by atoms with van der Waals surface area (Å²) in [5.74, 6) is 5.97. The van der Waals surface area contributed by atoms with E-state index in [1.54, 1.807) is 18.3 Å². The van der Waals surface area contributed by atoms with Crippen LogP contribution in [0.4, 0.5) is 0 Å². The summed E-state index contributed by atoms with van der Waals surface area (Å²) < 4.78 is 0. The van der Waals surface area contributed by atoms with Crippen molar-refractivity contribution in [3.8, 4) is 11.8 Å². The molecular formula is C13H8ClN. The number of benzene rings is 1. The molecule has 0 N–H and O–H groups in total. The van der Waals surface area contributed by atoms with Crippen molar-refractivity contribution in [3.63, 3.8) is 0 Å². The summed E-state index contributed by atoms with van der Waals surface area (Å²) in [6, 6.07) is 13.3. The predicted octanol–water partition coefficient (Wildman–Crippen LogP) is 3.13. The molecule has 0 radical (unpaired) electrons. The van der Waals surface area contributed by atoms with Crippen LogP contribution in [0.15, 0.2) is 48.7 Å². The van der Waals surface area contributed by atoms with E-state index < -0.39 is 0 Å². The van der Waals surface area contributed by atoms with Gasteiger partial charge in [0.15, 0.2) is 0 Å². The van der Waals surface area contributed by atoms with Gasteiger partial charge >= 0.3 is 0 Å². The third-order valence-electron chi connectivity index (χ3n) is 1.83. The van der Waals surface area contributed by atoms with Crippen LogP contribution in [-0.2, 0) is 0 Å². The van der Waals surface area contributed by atoms with Crippen LogP contribution >= 0.6 is 11.6 Å². The van der Waals surface area contributed by atoms with Gasteiger partial charge in [-0.3, -0.25) is 0 Å². The van der Waals surface area contributed by atoms with Crippen LogP contribution < -0.4 is 0 Å². The number of rotatable bonds is 0. The molecule has 0 bridgehead atoms. The van der Waals surface area contributed by atoms with Crippen LogP contribution in [0.25, 0.3) is 0 Å². The summed E-state index contributed by atoms with van der Waals surface area (Å²) in [5.41, 5.74) is 1.66. The first kappa shape index (κ1) is 9.76. The maximum absolute atomic E-state index is 5.82. The Balaban J connectivity index is 2.26. The van der Waals surface area contributed by atoms with Gasteiger partial charge in [-0.1, -0.05) is 35.7 Å². The molecule has 1 aromatic carbocycles. The summed E-state index contributed by atoms with van der Waals surface area (Å²) in [4.78, 5) is 4.10. The molecule has 0 aliphatic heterocycles. The quantitative estimate of drug-likeness (QED) is 0.613. The van der Waals surface area contributed by atoms with Crippen LogP contribution in [0.1, 0.15) is 11.3 Å². The molecule has 2 aromatic rings. The average Bonchev–Trinajstić information content (AvgIpc) is 2.28. The van der Waals surface area contributed by atoms with Gasteiger partial charge in [0.05, 0.1) is 0 Å². The molecule has 15 heavy (non-hydrogen) atoms. The summed E-state index contributed by atoms with van der Waals surface area (Å²) in [6.07, 6.45) is 1.65. The fourth-order valence-corrected chi connectivity index (χ4v) is 1.29. The van der Waals surface area contributed by atoms with Crippen molar-refractivity contribution >= 4 is 11.6 Å². The molecular weight excluding hydrogens is 206 g/mol. The Labute approximate surface area is 93.7 Å². The number of pyridine rings is 1. The molecule has 0 saturated heterocycles. The van der Waals surface area contributed by atoms with Gasteiger partial charge in [0.1, 0.15) is 5.69 Å². The van der Waals surface area contributed by atoms with Gasteiger partial charge in [-0.2, -0.15) is 0 Å². The van der Waals surface area contributed by atoms with E-state index >= 15 is 0 Å². The molecule has 0 aliphatic rings. The maximum atomic E-state index is 5.82. The number of hydrogen-bond donors (Lipinski definition) is 0. The van der Waals surface area contributed by atoms with Crippen molar-refractivity contribution < 1.29 is 0 Å². The van der Waals surface area contributed by atoms with Gasteiger partial charge < -0.3 is 0 Å². The van der Waals surface area contributed by atoms with Crippen molar-refractivity contribution in [1.82, 2.24) is 4.98 Å². The lowest BCUT2D eigenvalue weighted by Gasteiger charge is -1.90. The zero-order chi connectivity index (χ0) is 10.5. The van der Waals surface area contributed by atoms with Crippen molar-refractivity contribution in [2.75, 3.05) is 0 Å².